The molecule has 5 heteroatoms. The van der Waals surface area contributed by atoms with E-state index in [2.05, 4.69) is 10.6 Å². The molecule has 21 heavy (non-hydrogen) atoms. The number of carbonyl (C=O) groups excluding carboxylic acids is 1. The van der Waals surface area contributed by atoms with Gasteiger partial charge in [-0.1, -0.05) is 47.5 Å². The second kappa shape index (κ2) is 5.68. The van der Waals surface area contributed by atoms with Crippen molar-refractivity contribution in [2.75, 3.05) is 5.32 Å². The molecule has 2 aromatic carbocycles. The minimum atomic E-state index is -0.356. The molecule has 0 radical (unpaired) electrons. The monoisotopic (exact) mass is 320 g/mol. The van der Waals surface area contributed by atoms with Gasteiger partial charge in [0.15, 0.2) is 0 Å². The summed E-state index contributed by atoms with van der Waals surface area (Å²) in [7, 11) is 0. The number of anilines is 1. The average Bonchev–Trinajstić information content (AvgIpc) is 2.78. The Hall–Kier alpha value is -1.55. The van der Waals surface area contributed by atoms with Gasteiger partial charge in [-0.05, 0) is 30.7 Å². The first-order valence-corrected chi connectivity index (χ1v) is 7.42. The smallest absolute Gasteiger partial charge is 0.246 e. The fourth-order valence-corrected chi connectivity index (χ4v) is 2.81. The first kappa shape index (κ1) is 14.4. The standard InChI is InChI=1S/C16H14Cl2N2O/c1-9(10-6-7-12(17)13(18)8-10)19-15-11-4-2-3-5-14(11)20-16(15)21/h2-9,15,19H,1H3,(H,20,21). The van der Waals surface area contributed by atoms with E-state index >= 15 is 0 Å². The van der Waals surface area contributed by atoms with Crippen LogP contribution in [0.25, 0.3) is 0 Å². The maximum absolute atomic E-state index is 12.1. The van der Waals surface area contributed by atoms with Crippen molar-refractivity contribution in [3.05, 3.63) is 63.6 Å². The summed E-state index contributed by atoms with van der Waals surface area (Å²) >= 11 is 12.0. The number of para-hydroxylation sites is 1. The zero-order valence-corrected chi connectivity index (χ0v) is 12.9. The molecule has 0 aromatic heterocycles. The molecule has 1 heterocycles. The number of amides is 1. The summed E-state index contributed by atoms with van der Waals surface area (Å²) in [6.07, 6.45) is 0. The first-order chi connectivity index (χ1) is 10.1. The van der Waals surface area contributed by atoms with E-state index in [1.807, 2.05) is 43.3 Å². The lowest BCUT2D eigenvalue weighted by molar-refractivity contribution is -0.117. The van der Waals surface area contributed by atoms with Gasteiger partial charge in [0.25, 0.3) is 0 Å². The summed E-state index contributed by atoms with van der Waals surface area (Å²) in [6, 6.07) is 12.8. The number of hydrogen-bond acceptors (Lipinski definition) is 2. The Morgan fingerprint density at radius 3 is 2.67 bits per heavy atom. The highest BCUT2D eigenvalue weighted by Crippen LogP contribution is 2.33. The molecule has 3 rings (SSSR count). The van der Waals surface area contributed by atoms with E-state index < -0.39 is 0 Å². The van der Waals surface area contributed by atoms with Crippen LogP contribution in [0.2, 0.25) is 10.0 Å². The van der Waals surface area contributed by atoms with Gasteiger partial charge in [0.1, 0.15) is 6.04 Å². The zero-order valence-electron chi connectivity index (χ0n) is 11.4. The Labute approximate surface area is 133 Å². The molecule has 0 saturated carbocycles. The molecular weight excluding hydrogens is 307 g/mol. The zero-order chi connectivity index (χ0) is 15.0. The van der Waals surface area contributed by atoms with E-state index in [0.717, 1.165) is 16.8 Å². The Balaban J connectivity index is 1.83. The van der Waals surface area contributed by atoms with Crippen LogP contribution in [-0.4, -0.2) is 5.91 Å². The SMILES string of the molecule is CC(NC1C(=O)Nc2ccccc21)c1ccc(Cl)c(Cl)c1. The summed E-state index contributed by atoms with van der Waals surface area (Å²) in [6.45, 7) is 1.99. The quantitative estimate of drug-likeness (QED) is 0.883. The van der Waals surface area contributed by atoms with Crippen molar-refractivity contribution in [3.63, 3.8) is 0 Å². The molecule has 108 valence electrons. The van der Waals surface area contributed by atoms with Crippen LogP contribution >= 0.6 is 23.2 Å². The van der Waals surface area contributed by atoms with Crippen LogP contribution in [0.4, 0.5) is 5.69 Å². The molecule has 2 aromatic rings. The normalized spacial score (nSPS) is 18.2. The minimum Gasteiger partial charge on any atom is -0.324 e. The van der Waals surface area contributed by atoms with Crippen molar-refractivity contribution in [1.29, 1.82) is 0 Å². The topological polar surface area (TPSA) is 41.1 Å². The van der Waals surface area contributed by atoms with Gasteiger partial charge in [-0.15, -0.1) is 0 Å². The fourth-order valence-electron chi connectivity index (χ4n) is 2.50. The Morgan fingerprint density at radius 2 is 1.90 bits per heavy atom. The molecule has 1 aliphatic rings. The highest BCUT2D eigenvalue weighted by molar-refractivity contribution is 6.42. The molecule has 2 atom stereocenters. The summed E-state index contributed by atoms with van der Waals surface area (Å²) in [5.74, 6) is -0.0388. The molecule has 2 unspecified atom stereocenters. The van der Waals surface area contributed by atoms with Crippen molar-refractivity contribution in [3.8, 4) is 0 Å². The first-order valence-electron chi connectivity index (χ1n) is 6.67. The number of halogens is 2. The largest absolute Gasteiger partial charge is 0.324 e. The van der Waals surface area contributed by atoms with Gasteiger partial charge < -0.3 is 5.32 Å². The molecule has 0 spiro atoms. The van der Waals surface area contributed by atoms with Crippen molar-refractivity contribution in [2.24, 2.45) is 0 Å². The lowest BCUT2D eigenvalue weighted by atomic mass is 10.0. The van der Waals surface area contributed by atoms with Crippen molar-refractivity contribution in [2.45, 2.75) is 19.0 Å². The van der Waals surface area contributed by atoms with E-state index in [4.69, 9.17) is 23.2 Å². The van der Waals surface area contributed by atoms with Gasteiger partial charge in [0, 0.05) is 17.3 Å². The number of nitrogens with one attached hydrogen (secondary N) is 2. The number of rotatable bonds is 3. The van der Waals surface area contributed by atoms with Crippen molar-refractivity contribution < 1.29 is 4.79 Å². The van der Waals surface area contributed by atoms with E-state index in [9.17, 15) is 4.79 Å². The van der Waals surface area contributed by atoms with Gasteiger partial charge >= 0.3 is 0 Å². The average molecular weight is 321 g/mol. The lowest BCUT2D eigenvalue weighted by Crippen LogP contribution is -2.29. The molecule has 0 fully saturated rings. The third-order valence-electron chi connectivity index (χ3n) is 3.65. The van der Waals surface area contributed by atoms with Gasteiger partial charge in [0.2, 0.25) is 5.91 Å². The lowest BCUT2D eigenvalue weighted by Gasteiger charge is -2.19. The molecule has 0 saturated heterocycles. The number of benzene rings is 2. The van der Waals surface area contributed by atoms with Crippen LogP contribution in [0.5, 0.6) is 0 Å². The summed E-state index contributed by atoms with van der Waals surface area (Å²) < 4.78 is 0. The Bertz CT molecular complexity index is 702. The summed E-state index contributed by atoms with van der Waals surface area (Å²) in [5, 5.41) is 7.25. The summed E-state index contributed by atoms with van der Waals surface area (Å²) in [5.41, 5.74) is 2.82. The van der Waals surface area contributed by atoms with Gasteiger partial charge in [0.05, 0.1) is 10.0 Å². The number of carbonyl (C=O) groups is 1. The molecule has 1 aliphatic heterocycles. The predicted octanol–water partition coefficient (Wildman–Crippen LogP) is 4.34. The van der Waals surface area contributed by atoms with E-state index in [1.165, 1.54) is 0 Å². The third kappa shape index (κ3) is 2.77. The van der Waals surface area contributed by atoms with Crippen LogP contribution in [0.3, 0.4) is 0 Å². The highest BCUT2D eigenvalue weighted by atomic mass is 35.5. The highest BCUT2D eigenvalue weighted by Gasteiger charge is 2.31. The maximum atomic E-state index is 12.1. The molecule has 1 amide bonds. The van der Waals surface area contributed by atoms with E-state index in [1.54, 1.807) is 6.07 Å². The third-order valence-corrected chi connectivity index (χ3v) is 4.39. The molecule has 0 aliphatic carbocycles. The minimum absolute atomic E-state index is 0.0262. The predicted molar refractivity (Wildman–Crippen MR) is 85.8 cm³/mol. The van der Waals surface area contributed by atoms with Gasteiger partial charge in [-0.25, -0.2) is 0 Å². The Morgan fingerprint density at radius 1 is 1.14 bits per heavy atom. The Kier molecular flexibility index (Phi) is 3.89. The summed E-state index contributed by atoms with van der Waals surface area (Å²) in [4.78, 5) is 12.1. The molecule has 0 bridgehead atoms. The van der Waals surface area contributed by atoms with Gasteiger partial charge in [-0.3, -0.25) is 10.1 Å². The maximum Gasteiger partial charge on any atom is 0.246 e. The van der Waals surface area contributed by atoms with Crippen molar-refractivity contribution >= 4 is 34.8 Å². The second-order valence-corrected chi connectivity index (χ2v) is 5.89. The van der Waals surface area contributed by atoms with Gasteiger partial charge in [-0.2, -0.15) is 0 Å². The van der Waals surface area contributed by atoms with E-state index in [0.29, 0.717) is 10.0 Å². The molecular formula is C16H14Cl2N2O. The van der Waals surface area contributed by atoms with Crippen LogP contribution in [0.1, 0.15) is 30.1 Å². The number of hydrogen-bond donors (Lipinski definition) is 2. The molecule has 3 nitrogen and oxygen atoms in total. The number of fused-ring (bicyclic) bond motifs is 1. The van der Waals surface area contributed by atoms with E-state index in [-0.39, 0.29) is 18.0 Å². The van der Waals surface area contributed by atoms with Crippen LogP contribution in [0.15, 0.2) is 42.5 Å². The van der Waals surface area contributed by atoms with Crippen molar-refractivity contribution in [1.82, 2.24) is 5.32 Å². The molecule has 2 N–H and O–H groups in total. The van der Waals surface area contributed by atoms with Crippen LogP contribution in [0, 0.1) is 0 Å². The van der Waals surface area contributed by atoms with Crippen LogP contribution < -0.4 is 10.6 Å². The van der Waals surface area contributed by atoms with Crippen LogP contribution in [-0.2, 0) is 4.79 Å². The second-order valence-electron chi connectivity index (χ2n) is 5.07. The fraction of sp³-hybridized carbons (Fsp3) is 0.188.